The summed E-state index contributed by atoms with van der Waals surface area (Å²) in [5.41, 5.74) is 0. The highest BCUT2D eigenvalue weighted by Gasteiger charge is 2.49. The maximum Gasteiger partial charge on any atom is 0.279 e. The van der Waals surface area contributed by atoms with E-state index in [1.807, 2.05) is 0 Å². The van der Waals surface area contributed by atoms with Crippen LogP contribution in [-0.2, 0) is 27.5 Å². The second-order valence-corrected chi connectivity index (χ2v) is 8.16. The number of hydrogen-bond acceptors (Lipinski definition) is 14. The third-order valence-electron chi connectivity index (χ3n) is 3.67. The van der Waals surface area contributed by atoms with Gasteiger partial charge in [-0.3, -0.25) is 23.6 Å². The van der Waals surface area contributed by atoms with Crippen molar-refractivity contribution < 1.29 is 52.4 Å². The van der Waals surface area contributed by atoms with Crippen molar-refractivity contribution in [3.8, 4) is 0 Å². The molecule has 2 N–H and O–H groups in total. The number of fused-ring (bicyclic) bond motifs is 1. The van der Waals surface area contributed by atoms with Crippen LogP contribution >= 0.6 is 15.6 Å². The molecule has 27 heavy (non-hydrogen) atoms. The highest BCUT2D eigenvalue weighted by atomic mass is 31.3. The van der Waals surface area contributed by atoms with Crippen LogP contribution in [0, 0.1) is 0 Å². The normalized spacial score (nSPS) is 35.3. The molecule has 17 heteroatoms. The highest BCUT2D eigenvalue weighted by molar-refractivity contribution is 7.58. The van der Waals surface area contributed by atoms with Gasteiger partial charge in [0.05, 0.1) is 20.8 Å². The number of rotatable bonds is 6. The van der Waals surface area contributed by atoms with Crippen LogP contribution in [0.2, 0.25) is 0 Å². The number of aliphatic hydroxyl groups excluding tert-OH is 2. The molecule has 3 aliphatic rings. The van der Waals surface area contributed by atoms with Crippen LogP contribution in [0.3, 0.4) is 0 Å². The number of phosphoric acid groups is 2. The third kappa shape index (κ3) is 4.38. The number of nitrogens with zero attached hydrogens (tertiary/aromatic N) is 4. The molecule has 1 saturated heterocycles. The smallest absolute Gasteiger partial charge is 0.279 e. The lowest BCUT2D eigenvalue weighted by Crippen LogP contribution is -2.48. The molecule has 0 spiro atoms. The average Bonchev–Trinajstić information content (AvgIpc) is 3.07. The van der Waals surface area contributed by atoms with Crippen molar-refractivity contribution in [1.29, 1.82) is 0 Å². The molecule has 0 aromatic carbocycles. The number of ether oxygens (including phenoxy) is 1. The van der Waals surface area contributed by atoms with E-state index < -0.39 is 58.7 Å². The molecule has 0 aliphatic carbocycles. The zero-order valence-corrected chi connectivity index (χ0v) is 14.8. The molecular formula is C10H11N4O11P2-3. The summed E-state index contributed by atoms with van der Waals surface area (Å²) in [6.07, 6.45) is -3.91. The molecule has 0 aromatic rings. The summed E-state index contributed by atoms with van der Waals surface area (Å²) in [7, 11) is -11.4. The zero-order chi connectivity index (χ0) is 20.0. The summed E-state index contributed by atoms with van der Waals surface area (Å²) in [6.45, 7) is -0.962. The summed E-state index contributed by atoms with van der Waals surface area (Å²) < 4.78 is 34.4. The van der Waals surface area contributed by atoms with E-state index in [4.69, 9.17) is 4.74 Å². The van der Waals surface area contributed by atoms with Gasteiger partial charge in [-0.05, 0) is 0 Å². The number of carbonyl (C=O) groups excluding carboxylic acids is 1. The van der Waals surface area contributed by atoms with Crippen LogP contribution in [0.1, 0.15) is 0 Å². The Labute approximate surface area is 150 Å². The minimum atomic E-state index is -5.87. The van der Waals surface area contributed by atoms with Crippen molar-refractivity contribution in [3.63, 3.8) is 0 Å². The summed E-state index contributed by atoms with van der Waals surface area (Å²) in [4.78, 5) is 55.9. The second kappa shape index (κ2) is 7.22. The van der Waals surface area contributed by atoms with Gasteiger partial charge in [-0.1, -0.05) is 0 Å². The lowest BCUT2D eigenvalue weighted by molar-refractivity contribution is -0.339. The van der Waals surface area contributed by atoms with E-state index in [2.05, 4.69) is 23.8 Å². The number of hydrogen-bond donors (Lipinski definition) is 2. The van der Waals surface area contributed by atoms with E-state index >= 15 is 0 Å². The fourth-order valence-corrected chi connectivity index (χ4v) is 4.03. The highest BCUT2D eigenvalue weighted by Crippen LogP contribution is 2.50. The number of aliphatic hydroxyl groups is 2. The SMILES string of the molecule is O=C1N=CN=C2C1N=CN2[C@@H]1O[C@H](COP(=O)([O-])OP(=O)([O-])[O-])[C@@H](O)[C@H]1O. The van der Waals surface area contributed by atoms with Crippen LogP contribution in [0.5, 0.6) is 0 Å². The quantitative estimate of drug-likeness (QED) is 0.383. The number of amides is 1. The Kier molecular flexibility index (Phi) is 5.44. The van der Waals surface area contributed by atoms with Crippen LogP contribution in [0.15, 0.2) is 15.0 Å². The molecule has 150 valence electrons. The topological polar surface area (TPSA) is 229 Å². The van der Waals surface area contributed by atoms with Gasteiger partial charge >= 0.3 is 0 Å². The minimum Gasteiger partial charge on any atom is -0.790 e. The van der Waals surface area contributed by atoms with Crippen LogP contribution in [-0.4, -0.2) is 76.7 Å². The third-order valence-corrected chi connectivity index (χ3v) is 5.73. The van der Waals surface area contributed by atoms with E-state index in [-0.39, 0.29) is 5.84 Å². The van der Waals surface area contributed by atoms with Gasteiger partial charge in [0, 0.05) is 0 Å². The number of amidine groups is 1. The summed E-state index contributed by atoms with van der Waals surface area (Å²) in [6, 6.07) is -1.03. The van der Waals surface area contributed by atoms with Gasteiger partial charge in [-0.25, -0.2) is 4.99 Å². The number of carbonyl (C=O) groups is 1. The van der Waals surface area contributed by atoms with E-state index in [0.717, 1.165) is 17.6 Å². The Morgan fingerprint density at radius 3 is 2.63 bits per heavy atom. The second-order valence-electron chi connectivity index (χ2n) is 5.46. The van der Waals surface area contributed by atoms with Crippen LogP contribution in [0.25, 0.3) is 0 Å². The first kappa shape index (κ1) is 20.4. The lowest BCUT2D eigenvalue weighted by Gasteiger charge is -2.35. The Morgan fingerprint density at radius 1 is 1.26 bits per heavy atom. The summed E-state index contributed by atoms with van der Waals surface area (Å²) in [5, 5.41) is 20.1. The maximum absolute atomic E-state index is 11.6. The molecule has 1 fully saturated rings. The minimum absolute atomic E-state index is 0.0734. The van der Waals surface area contributed by atoms with E-state index in [1.165, 1.54) is 0 Å². The van der Waals surface area contributed by atoms with E-state index in [9.17, 15) is 38.8 Å². The van der Waals surface area contributed by atoms with Gasteiger partial charge in [0.2, 0.25) is 0 Å². The van der Waals surface area contributed by atoms with Crippen molar-refractivity contribution in [1.82, 2.24) is 4.90 Å². The Morgan fingerprint density at radius 2 is 1.96 bits per heavy atom. The van der Waals surface area contributed by atoms with E-state index in [1.54, 1.807) is 0 Å². The van der Waals surface area contributed by atoms with Crippen molar-refractivity contribution in [2.24, 2.45) is 15.0 Å². The van der Waals surface area contributed by atoms with Gasteiger partial charge in [-0.2, -0.15) is 4.99 Å². The molecule has 3 aliphatic heterocycles. The molecule has 1 amide bonds. The standard InChI is InChI=1S/C10H14N4O11P2/c15-6-4(1-23-27(21,22)25-26(18,19)20)24-10(7(6)16)14-3-13-5-8(14)11-2-12-9(5)17/h2-7,10,15-16H,1H2,(H,21,22)(H2,18,19,20)/p-3/t4-,5?,6-,7-,10-/m1/s1. The molecule has 3 rings (SSSR count). The molecule has 0 bridgehead atoms. The van der Waals surface area contributed by atoms with Crippen LogP contribution < -0.4 is 14.7 Å². The first-order valence-electron chi connectivity index (χ1n) is 7.15. The van der Waals surface area contributed by atoms with Gasteiger partial charge < -0.3 is 38.7 Å². The Bertz CT molecular complexity index is 809. The van der Waals surface area contributed by atoms with E-state index in [0.29, 0.717) is 0 Å². The van der Waals surface area contributed by atoms with Crippen molar-refractivity contribution in [2.45, 2.75) is 30.6 Å². The largest absolute Gasteiger partial charge is 0.790 e. The zero-order valence-electron chi connectivity index (χ0n) is 13.0. The van der Waals surface area contributed by atoms with Crippen molar-refractivity contribution in [3.05, 3.63) is 0 Å². The summed E-state index contributed by atoms with van der Waals surface area (Å²) in [5.74, 6) is -0.528. The van der Waals surface area contributed by atoms with Crippen molar-refractivity contribution in [2.75, 3.05) is 6.61 Å². The summed E-state index contributed by atoms with van der Waals surface area (Å²) >= 11 is 0. The molecule has 15 nitrogen and oxygen atoms in total. The predicted octanol–water partition coefficient (Wildman–Crippen LogP) is -4.56. The maximum atomic E-state index is 11.6. The lowest BCUT2D eigenvalue weighted by atomic mass is 10.1. The Hall–Kier alpha value is -1.38. The fraction of sp³-hybridized carbons (Fsp3) is 0.600. The number of phosphoric ester groups is 1. The first-order valence-corrected chi connectivity index (χ1v) is 10.1. The van der Waals surface area contributed by atoms with Gasteiger partial charge in [-0.15, -0.1) is 0 Å². The molecular weight excluding hydrogens is 414 g/mol. The predicted molar refractivity (Wildman–Crippen MR) is 78.0 cm³/mol. The van der Waals surface area contributed by atoms with Crippen molar-refractivity contribution >= 4 is 40.1 Å². The molecule has 0 radical (unpaired) electrons. The molecule has 2 unspecified atom stereocenters. The fourth-order valence-electron chi connectivity index (χ4n) is 2.54. The number of aliphatic imine (C=N–C) groups is 3. The van der Waals surface area contributed by atoms with Crippen LogP contribution in [0.4, 0.5) is 0 Å². The van der Waals surface area contributed by atoms with Gasteiger partial charge in [0.25, 0.3) is 13.7 Å². The van der Waals surface area contributed by atoms with Gasteiger partial charge in [0.15, 0.2) is 12.3 Å². The molecule has 3 heterocycles. The van der Waals surface area contributed by atoms with Gasteiger partial charge in [0.1, 0.15) is 30.5 Å². The molecule has 6 atom stereocenters. The Balaban J connectivity index is 1.66. The molecule has 0 aromatic heterocycles. The molecule has 0 saturated carbocycles. The first-order chi connectivity index (χ1) is 12.5. The monoisotopic (exact) mass is 425 g/mol. The average molecular weight is 425 g/mol.